The Bertz CT molecular complexity index is 542. The lowest BCUT2D eigenvalue weighted by atomic mass is 9.84. The predicted octanol–water partition coefficient (Wildman–Crippen LogP) is -1.18. The molecule has 3 rings (SSSR count). The molecule has 8 nitrogen and oxygen atoms in total. The molecule has 0 aromatic heterocycles. The summed E-state index contributed by atoms with van der Waals surface area (Å²) in [5.74, 6) is -0.270. The second-order valence-electron chi connectivity index (χ2n) is 6.39. The van der Waals surface area contributed by atoms with Gasteiger partial charge in [0.05, 0.1) is 12.9 Å². The van der Waals surface area contributed by atoms with Gasteiger partial charge in [-0.1, -0.05) is 11.6 Å². The van der Waals surface area contributed by atoms with Crippen molar-refractivity contribution in [2.75, 3.05) is 6.61 Å². The third-order valence-corrected chi connectivity index (χ3v) is 4.97. The SMILES string of the molecule is CC1=CCC2C(C=O)=COC(OC3OC(CO)C(O)C(O)C3O)C12. The van der Waals surface area contributed by atoms with Crippen LogP contribution in [-0.2, 0) is 19.0 Å². The molecule has 0 amide bonds. The average Bonchev–Trinajstić information content (AvgIpc) is 2.98. The maximum atomic E-state index is 11.2. The molecule has 0 aromatic carbocycles. The third kappa shape index (κ3) is 2.90. The Kier molecular flexibility index (Phi) is 5.05. The number of ether oxygens (including phenoxy) is 3. The number of aliphatic hydroxyl groups excluding tert-OH is 4. The van der Waals surface area contributed by atoms with E-state index >= 15 is 0 Å². The first-order valence-corrected chi connectivity index (χ1v) is 7.91. The fraction of sp³-hybridized carbons (Fsp3) is 0.688. The van der Waals surface area contributed by atoms with Gasteiger partial charge in [-0.3, -0.25) is 4.79 Å². The van der Waals surface area contributed by atoms with Crippen LogP contribution in [0.3, 0.4) is 0 Å². The van der Waals surface area contributed by atoms with E-state index in [1.54, 1.807) is 0 Å². The zero-order chi connectivity index (χ0) is 17.4. The van der Waals surface area contributed by atoms with Crippen molar-refractivity contribution in [3.05, 3.63) is 23.5 Å². The second-order valence-corrected chi connectivity index (χ2v) is 6.39. The standard InChI is InChI=1S/C16H22O8/c1-7-2-3-9-8(4-17)6-22-15(11(7)9)24-16-14(21)13(20)12(19)10(5-18)23-16/h2,4,6,9-16,18-21H,3,5H2,1H3. The molecule has 1 aliphatic carbocycles. The molecule has 2 heterocycles. The van der Waals surface area contributed by atoms with Crippen molar-refractivity contribution in [1.29, 1.82) is 0 Å². The van der Waals surface area contributed by atoms with E-state index < -0.39 is 43.6 Å². The van der Waals surface area contributed by atoms with E-state index in [0.717, 1.165) is 11.9 Å². The van der Waals surface area contributed by atoms with Crippen molar-refractivity contribution in [2.24, 2.45) is 11.8 Å². The Morgan fingerprint density at radius 3 is 2.67 bits per heavy atom. The maximum Gasteiger partial charge on any atom is 0.208 e. The first-order chi connectivity index (χ1) is 11.5. The molecule has 1 saturated heterocycles. The number of rotatable bonds is 4. The van der Waals surface area contributed by atoms with Gasteiger partial charge in [0, 0.05) is 17.4 Å². The van der Waals surface area contributed by atoms with Crippen molar-refractivity contribution in [2.45, 2.75) is 50.3 Å². The monoisotopic (exact) mass is 342 g/mol. The normalized spacial score (nSPS) is 45.0. The predicted molar refractivity (Wildman–Crippen MR) is 79.2 cm³/mol. The molecule has 8 atom stereocenters. The Hall–Kier alpha value is -1.29. The molecule has 4 N–H and O–H groups in total. The van der Waals surface area contributed by atoms with Crippen LogP contribution >= 0.6 is 0 Å². The molecule has 3 aliphatic rings. The molecule has 8 unspecified atom stereocenters. The van der Waals surface area contributed by atoms with Crippen LogP contribution in [0.5, 0.6) is 0 Å². The van der Waals surface area contributed by atoms with Crippen LogP contribution in [-0.4, -0.2) is 70.3 Å². The Balaban J connectivity index is 1.76. The van der Waals surface area contributed by atoms with Crippen molar-refractivity contribution in [3.8, 4) is 0 Å². The number of hydrogen-bond donors (Lipinski definition) is 4. The molecule has 24 heavy (non-hydrogen) atoms. The molecular weight excluding hydrogens is 320 g/mol. The van der Waals surface area contributed by atoms with Crippen molar-refractivity contribution in [3.63, 3.8) is 0 Å². The number of fused-ring (bicyclic) bond motifs is 1. The summed E-state index contributed by atoms with van der Waals surface area (Å²) in [5, 5.41) is 38.9. The largest absolute Gasteiger partial charge is 0.471 e. The highest BCUT2D eigenvalue weighted by atomic mass is 16.8. The van der Waals surface area contributed by atoms with Gasteiger partial charge < -0.3 is 34.6 Å². The first kappa shape index (κ1) is 17.5. The van der Waals surface area contributed by atoms with Gasteiger partial charge in [-0.2, -0.15) is 0 Å². The van der Waals surface area contributed by atoms with Crippen molar-refractivity contribution < 1.29 is 39.4 Å². The summed E-state index contributed by atoms with van der Waals surface area (Å²) < 4.78 is 16.5. The second kappa shape index (κ2) is 6.91. The number of aliphatic hydroxyl groups is 4. The Morgan fingerprint density at radius 1 is 1.25 bits per heavy atom. The molecule has 134 valence electrons. The third-order valence-electron chi connectivity index (χ3n) is 4.97. The smallest absolute Gasteiger partial charge is 0.208 e. The van der Waals surface area contributed by atoms with Gasteiger partial charge >= 0.3 is 0 Å². The first-order valence-electron chi connectivity index (χ1n) is 7.91. The Labute approximate surface area is 138 Å². The Morgan fingerprint density at radius 2 is 2.00 bits per heavy atom. The topological polar surface area (TPSA) is 126 Å². The summed E-state index contributed by atoms with van der Waals surface area (Å²) in [7, 11) is 0. The van der Waals surface area contributed by atoms with E-state index in [-0.39, 0.29) is 11.8 Å². The summed E-state index contributed by atoms with van der Waals surface area (Å²) >= 11 is 0. The number of carbonyl (C=O) groups is 1. The molecular formula is C16H22O8. The van der Waals surface area contributed by atoms with Crippen LogP contribution in [0.25, 0.3) is 0 Å². The molecule has 0 saturated carbocycles. The number of carbonyl (C=O) groups excluding carboxylic acids is 1. The molecule has 2 aliphatic heterocycles. The van der Waals surface area contributed by atoms with Gasteiger partial charge in [-0.05, 0) is 13.3 Å². The van der Waals surface area contributed by atoms with Gasteiger partial charge in [0.1, 0.15) is 30.7 Å². The lowest BCUT2D eigenvalue weighted by Crippen LogP contribution is -2.60. The summed E-state index contributed by atoms with van der Waals surface area (Å²) in [4.78, 5) is 11.2. The van der Waals surface area contributed by atoms with Gasteiger partial charge in [0.2, 0.25) is 6.29 Å². The van der Waals surface area contributed by atoms with Crippen LogP contribution in [0.2, 0.25) is 0 Å². The minimum absolute atomic E-state index is 0.0638. The number of hydrogen-bond acceptors (Lipinski definition) is 8. The summed E-state index contributed by atoms with van der Waals surface area (Å²) in [6, 6.07) is 0. The van der Waals surface area contributed by atoms with Gasteiger partial charge in [-0.15, -0.1) is 0 Å². The van der Waals surface area contributed by atoms with Gasteiger partial charge in [0.25, 0.3) is 0 Å². The molecule has 8 heteroatoms. The molecule has 0 aromatic rings. The van der Waals surface area contributed by atoms with Crippen LogP contribution in [0.1, 0.15) is 13.3 Å². The van der Waals surface area contributed by atoms with Crippen LogP contribution in [0, 0.1) is 11.8 Å². The highest BCUT2D eigenvalue weighted by molar-refractivity contribution is 5.74. The molecule has 1 fully saturated rings. The highest BCUT2D eigenvalue weighted by Crippen LogP contribution is 2.43. The van der Waals surface area contributed by atoms with E-state index in [2.05, 4.69) is 0 Å². The van der Waals surface area contributed by atoms with Gasteiger partial charge in [0.15, 0.2) is 6.29 Å². The minimum Gasteiger partial charge on any atom is -0.471 e. The number of allylic oxidation sites excluding steroid dienone is 2. The van der Waals surface area contributed by atoms with Crippen LogP contribution in [0.15, 0.2) is 23.5 Å². The van der Waals surface area contributed by atoms with Gasteiger partial charge in [-0.25, -0.2) is 0 Å². The lowest BCUT2D eigenvalue weighted by Gasteiger charge is -2.42. The number of aldehydes is 1. The lowest BCUT2D eigenvalue weighted by molar-refractivity contribution is -0.339. The van der Waals surface area contributed by atoms with E-state index in [1.165, 1.54) is 6.26 Å². The van der Waals surface area contributed by atoms with E-state index in [0.29, 0.717) is 12.0 Å². The average molecular weight is 342 g/mol. The summed E-state index contributed by atoms with van der Waals surface area (Å²) in [5.41, 5.74) is 1.55. The summed E-state index contributed by atoms with van der Waals surface area (Å²) in [6.45, 7) is 1.38. The van der Waals surface area contributed by atoms with E-state index in [9.17, 15) is 25.2 Å². The molecule has 0 bridgehead atoms. The molecule has 0 radical (unpaired) electrons. The minimum atomic E-state index is -1.51. The fourth-order valence-electron chi connectivity index (χ4n) is 3.52. The molecule has 0 spiro atoms. The van der Waals surface area contributed by atoms with Crippen molar-refractivity contribution >= 4 is 6.29 Å². The quantitative estimate of drug-likeness (QED) is 0.372. The highest BCUT2D eigenvalue weighted by Gasteiger charge is 2.48. The van der Waals surface area contributed by atoms with E-state index in [4.69, 9.17) is 14.2 Å². The maximum absolute atomic E-state index is 11.2. The zero-order valence-corrected chi connectivity index (χ0v) is 13.2. The van der Waals surface area contributed by atoms with Crippen LogP contribution in [0.4, 0.5) is 0 Å². The fourth-order valence-corrected chi connectivity index (χ4v) is 3.52. The van der Waals surface area contributed by atoms with Crippen molar-refractivity contribution in [1.82, 2.24) is 0 Å². The zero-order valence-electron chi connectivity index (χ0n) is 13.2. The summed E-state index contributed by atoms with van der Waals surface area (Å²) in [6.07, 6.45) is -2.78. The van der Waals surface area contributed by atoms with E-state index in [1.807, 2.05) is 13.0 Å². The van der Waals surface area contributed by atoms with Crippen LogP contribution < -0.4 is 0 Å².